The molecular weight excluding hydrogens is 292 g/mol. The maximum absolute atomic E-state index is 12.2. The molecule has 0 spiro atoms. The summed E-state index contributed by atoms with van der Waals surface area (Å²) in [5.41, 5.74) is 1.07. The van der Waals surface area contributed by atoms with E-state index >= 15 is 0 Å². The molecule has 0 aliphatic rings. The van der Waals surface area contributed by atoms with Crippen molar-refractivity contribution in [2.75, 3.05) is 0 Å². The molecule has 1 aromatic heterocycles. The van der Waals surface area contributed by atoms with Crippen LogP contribution in [-0.2, 0) is 11.2 Å². The van der Waals surface area contributed by atoms with Crippen LogP contribution in [-0.4, -0.2) is 28.0 Å². The molecule has 5 nitrogen and oxygen atoms in total. The number of hydrogen-bond acceptors (Lipinski definition) is 3. The summed E-state index contributed by atoms with van der Waals surface area (Å²) in [6.07, 6.45) is 1.98. The van der Waals surface area contributed by atoms with Gasteiger partial charge in [0.05, 0.1) is 0 Å². The molecule has 0 bridgehead atoms. The van der Waals surface area contributed by atoms with Gasteiger partial charge >= 0.3 is 5.97 Å². The summed E-state index contributed by atoms with van der Waals surface area (Å²) in [5.74, 6) is -1.31. The quantitative estimate of drug-likeness (QED) is 0.759. The number of halogens is 1. The summed E-state index contributed by atoms with van der Waals surface area (Å²) >= 11 is 5.91. The van der Waals surface area contributed by atoms with Gasteiger partial charge in [0.1, 0.15) is 11.2 Å². The van der Waals surface area contributed by atoms with Gasteiger partial charge in [-0.25, -0.2) is 9.78 Å². The van der Waals surface area contributed by atoms with Crippen LogP contribution in [0.1, 0.15) is 49.7 Å². The number of nitrogens with one attached hydrogen (secondary N) is 1. The zero-order chi connectivity index (χ0) is 16.0. The van der Waals surface area contributed by atoms with Crippen molar-refractivity contribution < 1.29 is 14.7 Å². The lowest BCUT2D eigenvalue weighted by atomic mass is 10.0. The molecule has 1 atom stereocenters. The maximum atomic E-state index is 12.2. The number of nitrogens with zero attached hydrogens (tertiary/aromatic N) is 1. The molecule has 21 heavy (non-hydrogen) atoms. The van der Waals surface area contributed by atoms with Gasteiger partial charge in [-0.2, -0.15) is 0 Å². The fraction of sp³-hybridized carbons (Fsp3) is 0.533. The van der Waals surface area contributed by atoms with Crippen molar-refractivity contribution in [3.63, 3.8) is 0 Å². The van der Waals surface area contributed by atoms with Gasteiger partial charge in [-0.15, -0.1) is 0 Å². The summed E-state index contributed by atoms with van der Waals surface area (Å²) in [7, 11) is 0. The van der Waals surface area contributed by atoms with Crippen molar-refractivity contribution in [1.82, 2.24) is 10.3 Å². The van der Waals surface area contributed by atoms with Crippen LogP contribution in [0.2, 0.25) is 5.15 Å². The highest BCUT2D eigenvalue weighted by atomic mass is 35.5. The minimum absolute atomic E-state index is 0.170. The van der Waals surface area contributed by atoms with Crippen LogP contribution >= 0.6 is 11.6 Å². The van der Waals surface area contributed by atoms with Gasteiger partial charge in [0, 0.05) is 11.3 Å². The molecule has 0 saturated carbocycles. The highest BCUT2D eigenvalue weighted by molar-refractivity contribution is 6.29. The predicted molar refractivity (Wildman–Crippen MR) is 81.6 cm³/mol. The Morgan fingerprint density at radius 3 is 2.57 bits per heavy atom. The number of carbonyl (C=O) groups is 2. The molecule has 0 saturated heterocycles. The van der Waals surface area contributed by atoms with Crippen molar-refractivity contribution in [1.29, 1.82) is 0 Å². The van der Waals surface area contributed by atoms with E-state index in [4.69, 9.17) is 16.7 Å². The number of carbonyl (C=O) groups excluding carboxylic acids is 1. The zero-order valence-corrected chi connectivity index (χ0v) is 13.3. The minimum atomic E-state index is -1.04. The number of rotatable bonds is 7. The third-order valence-electron chi connectivity index (χ3n) is 2.93. The van der Waals surface area contributed by atoms with Crippen molar-refractivity contribution in [3.8, 4) is 0 Å². The highest BCUT2D eigenvalue weighted by Crippen LogP contribution is 2.13. The average Bonchev–Trinajstić information content (AvgIpc) is 2.36. The van der Waals surface area contributed by atoms with Gasteiger partial charge < -0.3 is 10.4 Å². The lowest BCUT2D eigenvalue weighted by molar-refractivity contribution is -0.139. The maximum Gasteiger partial charge on any atom is 0.326 e. The molecule has 0 radical (unpaired) electrons. The van der Waals surface area contributed by atoms with E-state index in [9.17, 15) is 9.59 Å². The first-order valence-electron chi connectivity index (χ1n) is 7.03. The van der Waals surface area contributed by atoms with Crippen LogP contribution in [0.25, 0.3) is 0 Å². The summed E-state index contributed by atoms with van der Waals surface area (Å²) in [6.45, 7) is 5.82. The van der Waals surface area contributed by atoms with E-state index in [-0.39, 0.29) is 11.1 Å². The van der Waals surface area contributed by atoms with E-state index in [1.807, 2.05) is 20.8 Å². The number of amides is 1. The SMILES string of the molecule is CCCc1cc(C(=O)N[C@H](CC(C)C)C(=O)O)cc(Cl)n1. The number of carboxylic acids is 1. The van der Waals surface area contributed by atoms with Crippen LogP contribution in [0.3, 0.4) is 0 Å². The first-order chi connectivity index (χ1) is 9.83. The monoisotopic (exact) mass is 312 g/mol. The molecule has 1 heterocycles. The molecule has 0 fully saturated rings. The first kappa shape index (κ1) is 17.4. The van der Waals surface area contributed by atoms with Gasteiger partial charge in [-0.1, -0.05) is 38.8 Å². The Balaban J connectivity index is 2.89. The number of aliphatic carboxylic acids is 1. The van der Waals surface area contributed by atoms with Crippen LogP contribution in [0.4, 0.5) is 0 Å². The summed E-state index contributed by atoms with van der Waals surface area (Å²) < 4.78 is 0. The highest BCUT2D eigenvalue weighted by Gasteiger charge is 2.22. The van der Waals surface area contributed by atoms with Gasteiger partial charge in [-0.05, 0) is 30.9 Å². The predicted octanol–water partition coefficient (Wildman–Crippen LogP) is 2.92. The second-order valence-corrected chi connectivity index (χ2v) is 5.80. The average molecular weight is 313 g/mol. The Morgan fingerprint density at radius 1 is 1.38 bits per heavy atom. The number of aromatic nitrogens is 1. The lowest BCUT2D eigenvalue weighted by Gasteiger charge is -2.16. The molecule has 0 aliphatic heterocycles. The molecule has 1 amide bonds. The Hall–Kier alpha value is -1.62. The fourth-order valence-electron chi connectivity index (χ4n) is 2.00. The van der Waals surface area contributed by atoms with Crippen molar-refractivity contribution in [2.45, 2.75) is 46.1 Å². The number of pyridine rings is 1. The third-order valence-corrected chi connectivity index (χ3v) is 3.12. The van der Waals surface area contributed by atoms with Crippen LogP contribution in [0.5, 0.6) is 0 Å². The molecule has 2 N–H and O–H groups in total. The number of hydrogen-bond donors (Lipinski definition) is 2. The molecule has 0 aromatic carbocycles. The molecule has 1 rings (SSSR count). The van der Waals surface area contributed by atoms with E-state index in [2.05, 4.69) is 10.3 Å². The van der Waals surface area contributed by atoms with E-state index in [1.54, 1.807) is 6.07 Å². The van der Waals surface area contributed by atoms with Crippen molar-refractivity contribution in [2.24, 2.45) is 5.92 Å². The Morgan fingerprint density at radius 2 is 2.05 bits per heavy atom. The topological polar surface area (TPSA) is 79.3 Å². The fourth-order valence-corrected chi connectivity index (χ4v) is 2.23. The van der Waals surface area contributed by atoms with E-state index in [0.717, 1.165) is 18.5 Å². The van der Waals surface area contributed by atoms with Gasteiger partial charge in [0.2, 0.25) is 0 Å². The Labute approximate surface area is 129 Å². The van der Waals surface area contributed by atoms with Crippen molar-refractivity contribution >= 4 is 23.5 Å². The zero-order valence-electron chi connectivity index (χ0n) is 12.5. The summed E-state index contributed by atoms with van der Waals surface area (Å²) in [4.78, 5) is 27.5. The van der Waals surface area contributed by atoms with E-state index in [1.165, 1.54) is 6.07 Å². The Bertz CT molecular complexity index is 518. The molecular formula is C15H21ClN2O3. The van der Waals surface area contributed by atoms with Crippen LogP contribution < -0.4 is 5.32 Å². The standard InChI is InChI=1S/C15H21ClN2O3/c1-4-5-11-7-10(8-13(16)17-11)14(19)18-12(15(20)21)6-9(2)3/h7-9,12H,4-6H2,1-3H3,(H,18,19)(H,20,21)/t12-/m1/s1. The van der Waals surface area contributed by atoms with E-state index in [0.29, 0.717) is 12.0 Å². The molecule has 6 heteroatoms. The summed E-state index contributed by atoms with van der Waals surface area (Å²) in [5, 5.41) is 11.9. The largest absolute Gasteiger partial charge is 0.480 e. The van der Waals surface area contributed by atoms with Gasteiger partial charge in [0.15, 0.2) is 0 Å². The van der Waals surface area contributed by atoms with Crippen molar-refractivity contribution in [3.05, 3.63) is 28.5 Å². The Kier molecular flexibility index (Phi) is 6.62. The summed E-state index contributed by atoms with van der Waals surface area (Å²) in [6, 6.07) is 2.20. The second-order valence-electron chi connectivity index (χ2n) is 5.41. The minimum Gasteiger partial charge on any atom is -0.480 e. The molecule has 0 aliphatic carbocycles. The first-order valence-corrected chi connectivity index (χ1v) is 7.41. The molecule has 116 valence electrons. The smallest absolute Gasteiger partial charge is 0.326 e. The van der Waals surface area contributed by atoms with Crippen LogP contribution in [0, 0.1) is 5.92 Å². The number of carboxylic acid groups (broad SMARTS) is 1. The van der Waals surface area contributed by atoms with Gasteiger partial charge in [0.25, 0.3) is 5.91 Å². The van der Waals surface area contributed by atoms with E-state index < -0.39 is 17.9 Å². The van der Waals surface area contributed by atoms with Crippen LogP contribution in [0.15, 0.2) is 12.1 Å². The third kappa shape index (κ3) is 5.71. The molecule has 1 aromatic rings. The normalized spacial score (nSPS) is 12.2. The lowest BCUT2D eigenvalue weighted by Crippen LogP contribution is -2.41. The number of aryl methyl sites for hydroxylation is 1. The second kappa shape index (κ2) is 7.98. The molecule has 0 unspecified atom stereocenters. The van der Waals surface area contributed by atoms with Gasteiger partial charge in [-0.3, -0.25) is 4.79 Å².